The molecule has 3 heterocycles. The average molecular weight is 497 g/mol. The molecule has 0 saturated heterocycles. The Morgan fingerprint density at radius 2 is 1.85 bits per heavy atom. The zero-order valence-electron chi connectivity index (χ0n) is 19.9. The third kappa shape index (κ3) is 5.75. The lowest BCUT2D eigenvalue weighted by Gasteiger charge is -2.16. The Kier molecular flexibility index (Phi) is 7.50. The fourth-order valence-electron chi connectivity index (χ4n) is 3.50. The number of fused-ring (bicyclic) bond motifs is 1. The Bertz CT molecular complexity index is 1260. The van der Waals surface area contributed by atoms with Gasteiger partial charge in [0.25, 0.3) is 0 Å². The van der Waals surface area contributed by atoms with Crippen LogP contribution in [0.15, 0.2) is 54.7 Å². The van der Waals surface area contributed by atoms with E-state index in [0.717, 1.165) is 17.2 Å². The Balaban J connectivity index is 1.76. The highest BCUT2D eigenvalue weighted by molar-refractivity contribution is 6.76. The molecule has 1 aromatic carbocycles. The van der Waals surface area contributed by atoms with E-state index in [0.29, 0.717) is 46.7 Å². The maximum absolute atomic E-state index is 6.42. The highest BCUT2D eigenvalue weighted by atomic mass is 35.5. The van der Waals surface area contributed by atoms with Crippen molar-refractivity contribution >= 4 is 30.7 Å². The molecule has 4 aromatic rings. The smallest absolute Gasteiger partial charge is 0.222 e. The van der Waals surface area contributed by atoms with Gasteiger partial charge in [-0.25, -0.2) is 14.6 Å². The van der Waals surface area contributed by atoms with Crippen molar-refractivity contribution in [3.8, 4) is 22.9 Å². The van der Waals surface area contributed by atoms with Crippen molar-refractivity contribution in [1.29, 1.82) is 0 Å². The number of aromatic nitrogens is 4. The summed E-state index contributed by atoms with van der Waals surface area (Å²) in [7, 11) is 0.371. The van der Waals surface area contributed by atoms with Crippen LogP contribution in [0.4, 0.5) is 0 Å². The Morgan fingerprint density at radius 3 is 2.59 bits per heavy atom. The van der Waals surface area contributed by atoms with Gasteiger partial charge < -0.3 is 14.2 Å². The summed E-state index contributed by atoms with van der Waals surface area (Å²) in [5, 5.41) is 5.16. The highest BCUT2D eigenvalue weighted by Gasteiger charge is 2.22. The number of ether oxygens (including phenoxy) is 3. The number of halogens is 1. The van der Waals surface area contributed by atoms with E-state index in [-0.39, 0.29) is 6.73 Å². The molecular weight excluding hydrogens is 468 g/mol. The van der Waals surface area contributed by atoms with Gasteiger partial charge in [-0.05, 0) is 23.7 Å². The molecule has 0 atom stereocenters. The summed E-state index contributed by atoms with van der Waals surface area (Å²) in [6, 6.07) is 16.5. The number of benzene rings is 1. The number of hydrogen-bond donors (Lipinski definition) is 0. The second kappa shape index (κ2) is 10.5. The van der Waals surface area contributed by atoms with E-state index >= 15 is 0 Å². The van der Waals surface area contributed by atoms with Crippen molar-refractivity contribution in [3.05, 3.63) is 65.4 Å². The van der Waals surface area contributed by atoms with Gasteiger partial charge in [0.2, 0.25) is 5.88 Å². The molecule has 0 amide bonds. The summed E-state index contributed by atoms with van der Waals surface area (Å²) in [6.07, 6.45) is 1.68. The van der Waals surface area contributed by atoms with Crippen molar-refractivity contribution in [2.24, 2.45) is 0 Å². The first-order valence-electron chi connectivity index (χ1n) is 11.2. The molecule has 0 radical (unpaired) electrons. The lowest BCUT2D eigenvalue weighted by atomic mass is 10.1. The molecule has 0 aliphatic heterocycles. The first-order valence-corrected chi connectivity index (χ1v) is 15.2. The monoisotopic (exact) mass is 496 g/mol. The largest absolute Gasteiger partial charge is 0.486 e. The minimum atomic E-state index is -1.21. The molecule has 34 heavy (non-hydrogen) atoms. The quantitative estimate of drug-likeness (QED) is 0.151. The van der Waals surface area contributed by atoms with Gasteiger partial charge in [-0.1, -0.05) is 61.6 Å². The van der Waals surface area contributed by atoms with E-state index in [2.05, 4.69) is 29.6 Å². The molecule has 3 aromatic heterocycles. The molecular formula is C25H29ClN4O3Si. The molecule has 4 rings (SSSR count). The first-order chi connectivity index (χ1) is 16.4. The van der Waals surface area contributed by atoms with Gasteiger partial charge in [-0.15, -0.1) is 0 Å². The van der Waals surface area contributed by atoms with Gasteiger partial charge in [0, 0.05) is 26.9 Å². The second-order valence-electron chi connectivity index (χ2n) is 9.17. The predicted molar refractivity (Wildman–Crippen MR) is 137 cm³/mol. The van der Waals surface area contributed by atoms with E-state index < -0.39 is 8.07 Å². The van der Waals surface area contributed by atoms with Crippen LogP contribution in [0.3, 0.4) is 0 Å². The standard InChI is InChI=1S/C25H29ClN4O3Si/c1-31-25-19(11-8-12-27-25)22-23-24(30(29-22)17-32-13-14-34(2,3)4)20(15-21(26)28-23)33-16-18-9-6-5-7-10-18/h5-12,15H,13-14,16-17H2,1-4H3. The zero-order valence-corrected chi connectivity index (χ0v) is 21.7. The fraction of sp³-hybridized carbons (Fsp3) is 0.320. The number of nitrogens with zero attached hydrogens (tertiary/aromatic N) is 4. The van der Waals surface area contributed by atoms with Crippen LogP contribution in [-0.4, -0.2) is 41.5 Å². The third-order valence-electron chi connectivity index (χ3n) is 5.30. The SMILES string of the molecule is COc1ncccc1-c1nn(COCC[Si](C)(C)C)c2c(OCc3ccccc3)cc(Cl)nc12. The summed E-state index contributed by atoms with van der Waals surface area (Å²) in [5.41, 5.74) is 3.71. The molecule has 9 heteroatoms. The Labute approximate surface area is 205 Å². The number of methoxy groups -OCH3 is 1. The second-order valence-corrected chi connectivity index (χ2v) is 15.2. The van der Waals surface area contributed by atoms with Gasteiger partial charge in [0.1, 0.15) is 35.2 Å². The Morgan fingerprint density at radius 1 is 1.06 bits per heavy atom. The summed E-state index contributed by atoms with van der Waals surface area (Å²) in [6.45, 7) is 8.32. The van der Waals surface area contributed by atoms with Gasteiger partial charge in [-0.3, -0.25) is 0 Å². The fourth-order valence-corrected chi connectivity index (χ4v) is 4.44. The molecule has 0 fully saturated rings. The number of pyridine rings is 2. The normalized spacial score (nSPS) is 11.7. The van der Waals surface area contributed by atoms with Gasteiger partial charge >= 0.3 is 0 Å². The zero-order chi connectivity index (χ0) is 24.1. The van der Waals surface area contributed by atoms with Gasteiger partial charge in [-0.2, -0.15) is 5.10 Å². The molecule has 0 saturated carbocycles. The lowest BCUT2D eigenvalue weighted by Crippen LogP contribution is -2.22. The van der Waals surface area contributed by atoms with E-state index in [9.17, 15) is 0 Å². The topological polar surface area (TPSA) is 71.3 Å². The van der Waals surface area contributed by atoms with Crippen molar-refractivity contribution in [1.82, 2.24) is 19.7 Å². The van der Waals surface area contributed by atoms with E-state index in [1.807, 2.05) is 42.5 Å². The molecule has 0 aliphatic rings. The molecule has 7 nitrogen and oxygen atoms in total. The van der Waals surface area contributed by atoms with Crippen LogP contribution in [0.25, 0.3) is 22.3 Å². The minimum absolute atomic E-state index is 0.272. The van der Waals surface area contributed by atoms with E-state index in [1.54, 1.807) is 24.1 Å². The van der Waals surface area contributed by atoms with E-state index in [1.165, 1.54) is 0 Å². The van der Waals surface area contributed by atoms with Gasteiger partial charge in [0.15, 0.2) is 5.75 Å². The van der Waals surface area contributed by atoms with Crippen LogP contribution in [-0.2, 0) is 18.1 Å². The Hall–Kier alpha value is -2.94. The van der Waals surface area contributed by atoms with Gasteiger partial charge in [0.05, 0.1) is 12.7 Å². The first kappa shape index (κ1) is 24.2. The van der Waals surface area contributed by atoms with Crippen LogP contribution >= 0.6 is 11.6 Å². The lowest BCUT2D eigenvalue weighted by molar-refractivity contribution is 0.0814. The molecule has 0 bridgehead atoms. The number of hydrogen-bond acceptors (Lipinski definition) is 6. The van der Waals surface area contributed by atoms with Crippen molar-refractivity contribution in [3.63, 3.8) is 0 Å². The number of rotatable bonds is 10. The molecule has 0 aliphatic carbocycles. The van der Waals surface area contributed by atoms with E-state index in [4.69, 9.17) is 30.9 Å². The summed E-state index contributed by atoms with van der Waals surface area (Å²) >= 11 is 6.42. The predicted octanol–water partition coefficient (Wildman–Crippen LogP) is 6.05. The van der Waals surface area contributed by atoms with Crippen LogP contribution in [0, 0.1) is 0 Å². The van der Waals surface area contributed by atoms with Crippen LogP contribution in [0.1, 0.15) is 5.56 Å². The van der Waals surface area contributed by atoms with Crippen molar-refractivity contribution in [2.45, 2.75) is 39.0 Å². The maximum Gasteiger partial charge on any atom is 0.222 e. The molecule has 0 unspecified atom stereocenters. The van der Waals surface area contributed by atoms with Crippen LogP contribution in [0.5, 0.6) is 11.6 Å². The minimum Gasteiger partial charge on any atom is -0.486 e. The third-order valence-corrected chi connectivity index (χ3v) is 7.19. The highest BCUT2D eigenvalue weighted by Crippen LogP contribution is 2.37. The van der Waals surface area contributed by atoms with Crippen LogP contribution < -0.4 is 9.47 Å². The van der Waals surface area contributed by atoms with Crippen molar-refractivity contribution in [2.75, 3.05) is 13.7 Å². The molecule has 178 valence electrons. The average Bonchev–Trinajstić information content (AvgIpc) is 3.18. The maximum atomic E-state index is 6.42. The van der Waals surface area contributed by atoms with Crippen molar-refractivity contribution < 1.29 is 14.2 Å². The summed E-state index contributed by atoms with van der Waals surface area (Å²) < 4.78 is 19.5. The summed E-state index contributed by atoms with van der Waals surface area (Å²) in [5.74, 6) is 1.05. The summed E-state index contributed by atoms with van der Waals surface area (Å²) in [4.78, 5) is 8.92. The molecule has 0 N–H and O–H groups in total. The molecule has 0 spiro atoms. The van der Waals surface area contributed by atoms with Crippen LogP contribution in [0.2, 0.25) is 30.8 Å².